The van der Waals surface area contributed by atoms with Crippen molar-refractivity contribution in [3.05, 3.63) is 164 Å². The third kappa shape index (κ3) is 4.67. The zero-order valence-corrected chi connectivity index (χ0v) is 26.7. The molecule has 0 spiro atoms. The molecule has 0 saturated heterocycles. The van der Waals surface area contributed by atoms with Crippen molar-refractivity contribution in [3.8, 4) is 56.4 Å². The first-order valence-corrected chi connectivity index (χ1v) is 16.6. The first-order chi connectivity index (χ1) is 24.8. The molecular formula is C45H27N3O2. The second-order valence-corrected chi connectivity index (χ2v) is 12.4. The summed E-state index contributed by atoms with van der Waals surface area (Å²) in [6.07, 6.45) is 0. The van der Waals surface area contributed by atoms with Crippen LogP contribution < -0.4 is 0 Å². The molecule has 0 amide bonds. The summed E-state index contributed by atoms with van der Waals surface area (Å²) in [6, 6.07) is 55.8. The standard InChI is InChI=1S/C45H27N3O2/c1-3-13-28(14-4-1)30-25-31(29-15-5-2-6-16-29)27-32(26-30)43-46-44(35-19-11-23-39-41(35)33-17-7-9-21-37(33)49-39)48-45(47-43)36-20-12-24-40-42(36)34-18-8-10-22-38(34)50-40/h1-27H. The maximum atomic E-state index is 6.29. The van der Waals surface area contributed by atoms with Gasteiger partial charge in [-0.15, -0.1) is 0 Å². The Kier molecular flexibility index (Phi) is 6.42. The van der Waals surface area contributed by atoms with E-state index in [9.17, 15) is 0 Å². The van der Waals surface area contributed by atoms with Crippen molar-refractivity contribution in [3.63, 3.8) is 0 Å². The highest BCUT2D eigenvalue weighted by molar-refractivity contribution is 6.13. The van der Waals surface area contributed by atoms with Crippen LogP contribution in [0.2, 0.25) is 0 Å². The highest BCUT2D eigenvalue weighted by Gasteiger charge is 2.21. The summed E-state index contributed by atoms with van der Waals surface area (Å²) in [5, 5.41) is 3.98. The van der Waals surface area contributed by atoms with Crippen molar-refractivity contribution in [1.82, 2.24) is 15.0 Å². The molecule has 7 aromatic carbocycles. The van der Waals surface area contributed by atoms with E-state index in [4.69, 9.17) is 23.8 Å². The molecule has 10 rings (SSSR count). The average molecular weight is 642 g/mol. The highest BCUT2D eigenvalue weighted by atomic mass is 16.3. The lowest BCUT2D eigenvalue weighted by molar-refractivity contribution is 0.668. The van der Waals surface area contributed by atoms with Crippen LogP contribution in [0.5, 0.6) is 0 Å². The molecule has 3 aromatic heterocycles. The third-order valence-corrected chi connectivity index (χ3v) is 9.33. The van der Waals surface area contributed by atoms with Crippen LogP contribution in [0.25, 0.3) is 100 Å². The normalized spacial score (nSPS) is 11.6. The molecule has 0 N–H and O–H groups in total. The van der Waals surface area contributed by atoms with Crippen molar-refractivity contribution < 1.29 is 8.83 Å². The quantitative estimate of drug-likeness (QED) is 0.187. The van der Waals surface area contributed by atoms with Gasteiger partial charge in [0, 0.05) is 38.2 Å². The zero-order chi connectivity index (χ0) is 33.0. The Balaban J connectivity index is 1.28. The second-order valence-electron chi connectivity index (χ2n) is 12.4. The summed E-state index contributed by atoms with van der Waals surface area (Å²) in [5.74, 6) is 1.71. The number of hydrogen-bond acceptors (Lipinski definition) is 5. The smallest absolute Gasteiger partial charge is 0.164 e. The Morgan fingerprint density at radius 1 is 0.300 bits per heavy atom. The van der Waals surface area contributed by atoms with Crippen LogP contribution in [0.1, 0.15) is 0 Å². The average Bonchev–Trinajstić information content (AvgIpc) is 3.77. The number of fused-ring (bicyclic) bond motifs is 6. The monoisotopic (exact) mass is 641 g/mol. The van der Waals surface area contributed by atoms with Crippen molar-refractivity contribution in [2.24, 2.45) is 0 Å². The lowest BCUT2D eigenvalue weighted by Crippen LogP contribution is -2.01. The molecule has 3 heterocycles. The minimum absolute atomic E-state index is 0.568. The van der Waals surface area contributed by atoms with Crippen LogP contribution >= 0.6 is 0 Å². The van der Waals surface area contributed by atoms with Gasteiger partial charge in [-0.3, -0.25) is 0 Å². The van der Waals surface area contributed by atoms with Crippen molar-refractivity contribution in [2.45, 2.75) is 0 Å². The molecule has 0 atom stereocenters. The predicted octanol–water partition coefficient (Wildman–Crippen LogP) is 12.0. The van der Waals surface area contributed by atoms with E-state index in [0.29, 0.717) is 17.5 Å². The molecule has 0 unspecified atom stereocenters. The third-order valence-electron chi connectivity index (χ3n) is 9.33. The van der Waals surface area contributed by atoms with Gasteiger partial charge in [-0.1, -0.05) is 121 Å². The van der Waals surface area contributed by atoms with Gasteiger partial charge in [0.1, 0.15) is 22.3 Å². The second kappa shape index (κ2) is 11.4. The first-order valence-electron chi connectivity index (χ1n) is 16.6. The lowest BCUT2D eigenvalue weighted by Gasteiger charge is -2.13. The molecule has 0 aliphatic rings. The molecule has 5 heteroatoms. The maximum absolute atomic E-state index is 6.29. The molecule has 0 aliphatic carbocycles. The zero-order valence-electron chi connectivity index (χ0n) is 26.7. The molecule has 5 nitrogen and oxygen atoms in total. The van der Waals surface area contributed by atoms with Gasteiger partial charge in [-0.05, 0) is 64.7 Å². The van der Waals surface area contributed by atoms with E-state index in [0.717, 1.165) is 82.8 Å². The van der Waals surface area contributed by atoms with Gasteiger partial charge >= 0.3 is 0 Å². The number of hydrogen-bond donors (Lipinski definition) is 0. The summed E-state index contributed by atoms with van der Waals surface area (Å²) in [6.45, 7) is 0. The SMILES string of the molecule is c1ccc(-c2cc(-c3ccccc3)cc(-c3nc(-c4cccc5oc6ccccc6c45)nc(-c4cccc5oc6ccccc6c45)n3)c2)cc1. The van der Waals surface area contributed by atoms with Crippen LogP contribution in [0.4, 0.5) is 0 Å². The minimum Gasteiger partial charge on any atom is -0.456 e. The maximum Gasteiger partial charge on any atom is 0.164 e. The Bertz CT molecular complexity index is 2680. The van der Waals surface area contributed by atoms with Gasteiger partial charge in [-0.2, -0.15) is 0 Å². The van der Waals surface area contributed by atoms with E-state index in [2.05, 4.69) is 91.0 Å². The summed E-state index contributed by atoms with van der Waals surface area (Å²) in [4.78, 5) is 15.7. The topological polar surface area (TPSA) is 65.0 Å². The first kappa shape index (κ1) is 28.2. The molecule has 234 valence electrons. The van der Waals surface area contributed by atoms with Gasteiger partial charge in [-0.25, -0.2) is 15.0 Å². The Morgan fingerprint density at radius 2 is 0.700 bits per heavy atom. The number of para-hydroxylation sites is 2. The minimum atomic E-state index is 0.568. The van der Waals surface area contributed by atoms with E-state index in [1.54, 1.807) is 0 Å². The lowest BCUT2D eigenvalue weighted by atomic mass is 9.95. The molecule has 0 saturated carbocycles. The van der Waals surface area contributed by atoms with E-state index in [1.807, 2.05) is 72.8 Å². The van der Waals surface area contributed by atoms with E-state index < -0.39 is 0 Å². The Morgan fingerprint density at radius 3 is 1.20 bits per heavy atom. The van der Waals surface area contributed by atoms with Crippen molar-refractivity contribution in [2.75, 3.05) is 0 Å². The summed E-state index contributed by atoms with van der Waals surface area (Å²) < 4.78 is 12.6. The fourth-order valence-electron chi connectivity index (χ4n) is 7.02. The molecule has 0 radical (unpaired) electrons. The van der Waals surface area contributed by atoms with Gasteiger partial charge in [0.2, 0.25) is 0 Å². The van der Waals surface area contributed by atoms with Gasteiger partial charge in [0.25, 0.3) is 0 Å². The van der Waals surface area contributed by atoms with Crippen molar-refractivity contribution in [1.29, 1.82) is 0 Å². The summed E-state index contributed by atoms with van der Waals surface area (Å²) >= 11 is 0. The molecule has 0 aliphatic heterocycles. The molecule has 0 fully saturated rings. The Labute approximate surface area is 287 Å². The molecular weight excluding hydrogens is 615 g/mol. The van der Waals surface area contributed by atoms with E-state index >= 15 is 0 Å². The predicted molar refractivity (Wildman–Crippen MR) is 202 cm³/mol. The van der Waals surface area contributed by atoms with Crippen molar-refractivity contribution >= 4 is 43.9 Å². The number of rotatable bonds is 5. The van der Waals surface area contributed by atoms with Crippen LogP contribution in [-0.2, 0) is 0 Å². The van der Waals surface area contributed by atoms with Crippen LogP contribution in [0, 0.1) is 0 Å². The fraction of sp³-hybridized carbons (Fsp3) is 0. The molecule has 0 bridgehead atoms. The fourth-order valence-corrected chi connectivity index (χ4v) is 7.02. The highest BCUT2D eigenvalue weighted by Crippen LogP contribution is 2.40. The van der Waals surface area contributed by atoms with Crippen LogP contribution in [-0.4, -0.2) is 15.0 Å². The molecule has 10 aromatic rings. The van der Waals surface area contributed by atoms with Crippen LogP contribution in [0.3, 0.4) is 0 Å². The van der Waals surface area contributed by atoms with Gasteiger partial charge in [0.05, 0.1) is 0 Å². The van der Waals surface area contributed by atoms with E-state index in [1.165, 1.54) is 0 Å². The number of furan rings is 2. The summed E-state index contributed by atoms with van der Waals surface area (Å²) in [7, 11) is 0. The van der Waals surface area contributed by atoms with Crippen LogP contribution in [0.15, 0.2) is 173 Å². The Hall–Kier alpha value is -6.85. The number of aromatic nitrogens is 3. The largest absolute Gasteiger partial charge is 0.456 e. The number of benzene rings is 7. The summed E-state index contributed by atoms with van der Waals surface area (Å²) in [5.41, 5.74) is 10.3. The van der Waals surface area contributed by atoms with Gasteiger partial charge in [0.15, 0.2) is 17.5 Å². The number of nitrogens with zero attached hydrogens (tertiary/aromatic N) is 3. The van der Waals surface area contributed by atoms with Gasteiger partial charge < -0.3 is 8.83 Å². The van der Waals surface area contributed by atoms with E-state index in [-0.39, 0.29) is 0 Å². The molecule has 50 heavy (non-hydrogen) atoms.